The molecular weight excluding hydrogens is 344 g/mol. The van der Waals surface area contributed by atoms with Gasteiger partial charge >= 0.3 is 5.97 Å². The fourth-order valence-corrected chi connectivity index (χ4v) is 2.52. The van der Waals surface area contributed by atoms with Crippen molar-refractivity contribution < 1.29 is 23.8 Å². The van der Waals surface area contributed by atoms with Gasteiger partial charge in [0.15, 0.2) is 6.10 Å². The van der Waals surface area contributed by atoms with Gasteiger partial charge in [0.2, 0.25) is 5.78 Å². The van der Waals surface area contributed by atoms with Crippen LogP contribution in [0.3, 0.4) is 0 Å². The molecule has 5 nitrogen and oxygen atoms in total. The van der Waals surface area contributed by atoms with Gasteiger partial charge in [-0.3, -0.25) is 4.79 Å². The number of aryl methyl sites for hydroxylation is 1. The van der Waals surface area contributed by atoms with Gasteiger partial charge in [0.1, 0.15) is 11.5 Å². The van der Waals surface area contributed by atoms with Crippen LogP contribution in [0.5, 0.6) is 11.5 Å². The molecule has 2 aromatic rings. The highest BCUT2D eigenvalue weighted by atomic mass is 16.5. The van der Waals surface area contributed by atoms with Crippen LogP contribution in [0.4, 0.5) is 0 Å². The average molecular weight is 368 g/mol. The van der Waals surface area contributed by atoms with Crippen molar-refractivity contribution in [2.24, 2.45) is 0 Å². The van der Waals surface area contributed by atoms with Crippen molar-refractivity contribution in [2.45, 2.75) is 26.4 Å². The maximum atomic E-state index is 12.4. The van der Waals surface area contributed by atoms with E-state index in [2.05, 4.69) is 0 Å². The lowest BCUT2D eigenvalue weighted by Crippen LogP contribution is -2.23. The second-order valence-corrected chi connectivity index (χ2v) is 5.94. The molecule has 27 heavy (non-hydrogen) atoms. The van der Waals surface area contributed by atoms with Crippen LogP contribution >= 0.6 is 0 Å². The Kier molecular flexibility index (Phi) is 7.17. The standard InChI is InChI=1S/C22H24O5/c1-5-16-6-8-18(9-7-16)22(24)15(2)27-21(23)13-11-17-10-12-19(25-3)14-20(17)26-4/h6-15H,5H2,1-4H3/b13-11+/t15-/m0/s1. The van der Waals surface area contributed by atoms with Gasteiger partial charge in [-0.2, -0.15) is 0 Å². The first-order chi connectivity index (χ1) is 13.0. The Labute approximate surface area is 159 Å². The van der Waals surface area contributed by atoms with E-state index in [9.17, 15) is 9.59 Å². The summed E-state index contributed by atoms with van der Waals surface area (Å²) in [6, 6.07) is 12.6. The summed E-state index contributed by atoms with van der Waals surface area (Å²) in [6.45, 7) is 3.61. The Balaban J connectivity index is 2.01. The van der Waals surface area contributed by atoms with Gasteiger partial charge in [0, 0.05) is 23.3 Å². The highest BCUT2D eigenvalue weighted by Crippen LogP contribution is 2.25. The third-order valence-electron chi connectivity index (χ3n) is 4.15. The molecule has 0 spiro atoms. The molecule has 0 unspecified atom stereocenters. The number of rotatable bonds is 8. The number of hydrogen-bond acceptors (Lipinski definition) is 5. The SMILES string of the molecule is CCc1ccc(C(=O)[C@H](C)OC(=O)/C=C/c2ccc(OC)cc2OC)cc1. The summed E-state index contributed by atoms with van der Waals surface area (Å²) in [5, 5.41) is 0. The Hall–Kier alpha value is -3.08. The summed E-state index contributed by atoms with van der Waals surface area (Å²) in [7, 11) is 3.10. The number of methoxy groups -OCH3 is 2. The number of carbonyl (C=O) groups is 2. The number of ketones is 1. The molecule has 2 aromatic carbocycles. The van der Waals surface area contributed by atoms with Crippen LogP contribution < -0.4 is 9.47 Å². The van der Waals surface area contributed by atoms with Crippen LogP contribution in [-0.2, 0) is 16.0 Å². The minimum absolute atomic E-state index is 0.235. The van der Waals surface area contributed by atoms with Crippen molar-refractivity contribution in [3.8, 4) is 11.5 Å². The van der Waals surface area contributed by atoms with Gasteiger partial charge in [-0.05, 0) is 37.1 Å². The number of Topliss-reactive ketones (excluding diaryl/α,β-unsaturated/α-hetero) is 1. The van der Waals surface area contributed by atoms with E-state index in [0.29, 0.717) is 22.6 Å². The summed E-state index contributed by atoms with van der Waals surface area (Å²) in [6.07, 6.45) is 2.88. The number of ether oxygens (including phenoxy) is 3. The van der Waals surface area contributed by atoms with Crippen molar-refractivity contribution in [3.63, 3.8) is 0 Å². The number of carbonyl (C=O) groups excluding carboxylic acids is 2. The lowest BCUT2D eigenvalue weighted by Gasteiger charge is -2.11. The van der Waals surface area contributed by atoms with Crippen molar-refractivity contribution >= 4 is 17.8 Å². The Bertz CT molecular complexity index is 821. The topological polar surface area (TPSA) is 61.8 Å². The van der Waals surface area contributed by atoms with E-state index >= 15 is 0 Å². The second kappa shape index (κ2) is 9.57. The fourth-order valence-electron chi connectivity index (χ4n) is 2.52. The molecule has 142 valence electrons. The van der Waals surface area contributed by atoms with E-state index in [1.807, 2.05) is 19.1 Å². The largest absolute Gasteiger partial charge is 0.497 e. The number of hydrogen-bond donors (Lipinski definition) is 0. The summed E-state index contributed by atoms with van der Waals surface area (Å²) >= 11 is 0. The molecule has 0 bridgehead atoms. The molecule has 0 aliphatic carbocycles. The van der Waals surface area contributed by atoms with E-state index in [1.54, 1.807) is 50.4 Å². The summed E-state index contributed by atoms with van der Waals surface area (Å²) in [5.74, 6) is 0.388. The minimum Gasteiger partial charge on any atom is -0.497 e. The van der Waals surface area contributed by atoms with Crippen molar-refractivity contribution in [1.82, 2.24) is 0 Å². The zero-order valence-corrected chi connectivity index (χ0v) is 16.0. The third-order valence-corrected chi connectivity index (χ3v) is 4.15. The molecule has 1 atom stereocenters. The highest BCUT2D eigenvalue weighted by Gasteiger charge is 2.18. The van der Waals surface area contributed by atoms with Crippen molar-refractivity contribution in [1.29, 1.82) is 0 Å². The average Bonchev–Trinajstić information content (AvgIpc) is 2.71. The van der Waals surface area contributed by atoms with E-state index in [1.165, 1.54) is 13.2 Å². The zero-order valence-electron chi connectivity index (χ0n) is 16.0. The maximum Gasteiger partial charge on any atom is 0.331 e. The molecule has 5 heteroatoms. The van der Waals surface area contributed by atoms with Crippen molar-refractivity contribution in [3.05, 3.63) is 65.2 Å². The summed E-state index contributed by atoms with van der Waals surface area (Å²) in [5.41, 5.74) is 2.37. The first-order valence-electron chi connectivity index (χ1n) is 8.72. The van der Waals surface area contributed by atoms with E-state index in [4.69, 9.17) is 14.2 Å². The first kappa shape index (κ1) is 20.2. The Morgan fingerprint density at radius 1 is 1.04 bits per heavy atom. The molecular formula is C22H24O5. The first-order valence-corrected chi connectivity index (χ1v) is 8.72. The number of esters is 1. The molecule has 0 saturated heterocycles. The third kappa shape index (κ3) is 5.45. The van der Waals surface area contributed by atoms with Gasteiger partial charge in [0.05, 0.1) is 14.2 Å². The molecule has 0 aliphatic heterocycles. The van der Waals surface area contributed by atoms with Gasteiger partial charge in [-0.15, -0.1) is 0 Å². The van der Waals surface area contributed by atoms with Crippen LogP contribution in [0.2, 0.25) is 0 Å². The fraction of sp³-hybridized carbons (Fsp3) is 0.273. The van der Waals surface area contributed by atoms with Crippen molar-refractivity contribution in [2.75, 3.05) is 14.2 Å². The Morgan fingerprint density at radius 2 is 1.74 bits per heavy atom. The zero-order chi connectivity index (χ0) is 19.8. The van der Waals surface area contributed by atoms with Gasteiger partial charge < -0.3 is 14.2 Å². The molecule has 0 radical (unpaired) electrons. The normalized spacial score (nSPS) is 11.9. The summed E-state index contributed by atoms with van der Waals surface area (Å²) < 4.78 is 15.6. The molecule has 0 N–H and O–H groups in total. The van der Waals surface area contributed by atoms with Gasteiger partial charge in [0.25, 0.3) is 0 Å². The van der Waals surface area contributed by atoms with Crippen LogP contribution in [0, 0.1) is 0 Å². The smallest absolute Gasteiger partial charge is 0.331 e. The Morgan fingerprint density at radius 3 is 2.33 bits per heavy atom. The van der Waals surface area contributed by atoms with Crippen LogP contribution in [0.15, 0.2) is 48.5 Å². The van der Waals surface area contributed by atoms with Crippen LogP contribution in [0.1, 0.15) is 35.3 Å². The molecule has 0 heterocycles. The number of benzene rings is 2. The lowest BCUT2D eigenvalue weighted by atomic mass is 10.0. The van der Waals surface area contributed by atoms with Gasteiger partial charge in [-0.1, -0.05) is 31.2 Å². The second-order valence-electron chi connectivity index (χ2n) is 5.94. The quantitative estimate of drug-likeness (QED) is 0.399. The van der Waals surface area contributed by atoms with Gasteiger partial charge in [-0.25, -0.2) is 4.79 Å². The predicted molar refractivity (Wildman–Crippen MR) is 104 cm³/mol. The van der Waals surface area contributed by atoms with E-state index < -0.39 is 12.1 Å². The molecule has 2 rings (SSSR count). The minimum atomic E-state index is -0.868. The van der Waals surface area contributed by atoms with Crippen LogP contribution in [-0.4, -0.2) is 32.1 Å². The van der Waals surface area contributed by atoms with Crippen LogP contribution in [0.25, 0.3) is 6.08 Å². The monoisotopic (exact) mass is 368 g/mol. The molecule has 0 fully saturated rings. The molecule has 0 saturated carbocycles. The maximum absolute atomic E-state index is 12.4. The molecule has 0 aliphatic rings. The summed E-state index contributed by atoms with van der Waals surface area (Å²) in [4.78, 5) is 24.4. The molecule has 0 aromatic heterocycles. The molecule has 0 amide bonds. The predicted octanol–water partition coefficient (Wildman–Crippen LogP) is 4.09. The highest BCUT2D eigenvalue weighted by molar-refractivity contribution is 6.01. The lowest BCUT2D eigenvalue weighted by molar-refractivity contribution is -0.140. The van der Waals surface area contributed by atoms with E-state index in [-0.39, 0.29) is 5.78 Å². The van der Waals surface area contributed by atoms with E-state index in [0.717, 1.165) is 12.0 Å².